The molecule has 0 amide bonds. The maximum absolute atomic E-state index is 6.09. The van der Waals surface area contributed by atoms with Crippen LogP contribution in [0.5, 0.6) is 5.88 Å². The van der Waals surface area contributed by atoms with E-state index in [2.05, 4.69) is 46.2 Å². The first-order chi connectivity index (χ1) is 16.3. The second-order valence-corrected chi connectivity index (χ2v) is 8.97. The van der Waals surface area contributed by atoms with E-state index in [9.17, 15) is 0 Å². The van der Waals surface area contributed by atoms with Crippen LogP contribution < -0.4 is 9.64 Å². The van der Waals surface area contributed by atoms with Gasteiger partial charge in [0.25, 0.3) is 0 Å². The summed E-state index contributed by atoms with van der Waals surface area (Å²) in [6, 6.07) is 12.9. The third kappa shape index (κ3) is 6.53. The van der Waals surface area contributed by atoms with Crippen LogP contribution in [0.4, 0.5) is 5.69 Å². The van der Waals surface area contributed by atoms with Gasteiger partial charge >= 0.3 is 0 Å². The highest BCUT2D eigenvalue weighted by molar-refractivity contribution is 5.79. The fourth-order valence-electron chi connectivity index (χ4n) is 4.36. The predicted octanol–water partition coefficient (Wildman–Crippen LogP) is 3.13. The lowest BCUT2D eigenvalue weighted by atomic mass is 10.1. The number of rotatable bonds is 9. The van der Waals surface area contributed by atoms with Gasteiger partial charge in [0.2, 0.25) is 5.88 Å². The molecule has 2 saturated heterocycles. The van der Waals surface area contributed by atoms with Crippen molar-refractivity contribution in [2.45, 2.75) is 25.3 Å². The van der Waals surface area contributed by atoms with Gasteiger partial charge in [-0.25, -0.2) is 4.98 Å². The number of pyridine rings is 1. The van der Waals surface area contributed by atoms with Crippen molar-refractivity contribution < 1.29 is 14.2 Å². The molecule has 0 atom stereocenters. The summed E-state index contributed by atoms with van der Waals surface area (Å²) in [4.78, 5) is 14.2. The molecule has 2 aliphatic heterocycles. The molecule has 3 fully saturated rings. The van der Waals surface area contributed by atoms with Crippen LogP contribution in [-0.4, -0.2) is 81.9 Å². The second kappa shape index (κ2) is 11.1. The lowest BCUT2D eigenvalue weighted by Gasteiger charge is -2.29. The molecule has 7 nitrogen and oxygen atoms in total. The van der Waals surface area contributed by atoms with Crippen molar-refractivity contribution >= 4 is 11.9 Å². The molecule has 0 N–H and O–H groups in total. The number of hydrogen-bond acceptors (Lipinski definition) is 7. The van der Waals surface area contributed by atoms with Gasteiger partial charge < -0.3 is 19.1 Å². The van der Waals surface area contributed by atoms with E-state index in [4.69, 9.17) is 24.2 Å². The molecule has 3 aliphatic rings. The van der Waals surface area contributed by atoms with Crippen molar-refractivity contribution in [3.63, 3.8) is 0 Å². The van der Waals surface area contributed by atoms with Crippen LogP contribution in [0.2, 0.25) is 0 Å². The standard InChI is InChI=1S/C26H34N4O3/c1-2-21(16-23(3-1)22-4-5-22)19-27-20-24-17-25(30-9-13-32-14-10-30)18-26(28-24)33-15-8-29-6-11-31-12-7-29/h1-3,16-19,22H,4-15,20H2. The number of nitrogens with zero attached hydrogens (tertiary/aromatic N) is 4. The first-order valence-corrected chi connectivity index (χ1v) is 12.2. The highest BCUT2D eigenvalue weighted by Gasteiger charge is 2.23. The summed E-state index contributed by atoms with van der Waals surface area (Å²) < 4.78 is 17.1. The average Bonchev–Trinajstić information content (AvgIpc) is 3.71. The predicted molar refractivity (Wildman–Crippen MR) is 130 cm³/mol. The molecular formula is C26H34N4O3. The summed E-state index contributed by atoms with van der Waals surface area (Å²) in [7, 11) is 0. The molecule has 0 bridgehead atoms. The van der Waals surface area contributed by atoms with E-state index in [0.29, 0.717) is 19.0 Å². The Labute approximate surface area is 196 Å². The lowest BCUT2D eigenvalue weighted by molar-refractivity contribution is 0.0320. The molecule has 1 aromatic heterocycles. The van der Waals surface area contributed by atoms with E-state index >= 15 is 0 Å². The molecular weight excluding hydrogens is 416 g/mol. The fourth-order valence-corrected chi connectivity index (χ4v) is 4.36. The van der Waals surface area contributed by atoms with Gasteiger partial charge in [-0.3, -0.25) is 9.89 Å². The Kier molecular flexibility index (Phi) is 7.50. The number of benzene rings is 1. The van der Waals surface area contributed by atoms with Crippen LogP contribution in [-0.2, 0) is 16.0 Å². The third-order valence-corrected chi connectivity index (χ3v) is 6.43. The van der Waals surface area contributed by atoms with E-state index in [-0.39, 0.29) is 0 Å². The van der Waals surface area contributed by atoms with Crippen molar-refractivity contribution in [2.75, 3.05) is 70.7 Å². The van der Waals surface area contributed by atoms with Gasteiger partial charge in [-0.15, -0.1) is 0 Å². The van der Waals surface area contributed by atoms with Crippen molar-refractivity contribution in [3.8, 4) is 5.88 Å². The zero-order valence-corrected chi connectivity index (χ0v) is 19.3. The maximum atomic E-state index is 6.09. The first kappa shape index (κ1) is 22.3. The summed E-state index contributed by atoms with van der Waals surface area (Å²) in [6.45, 7) is 8.84. The Bertz CT molecular complexity index is 935. The Morgan fingerprint density at radius 2 is 1.79 bits per heavy atom. The number of ether oxygens (including phenoxy) is 3. The molecule has 7 heteroatoms. The van der Waals surface area contributed by atoms with Gasteiger partial charge in [-0.2, -0.15) is 0 Å². The molecule has 0 unspecified atom stereocenters. The van der Waals surface area contributed by atoms with E-state index in [0.717, 1.165) is 82.0 Å². The number of hydrogen-bond donors (Lipinski definition) is 0. The molecule has 1 aromatic carbocycles. The van der Waals surface area contributed by atoms with Gasteiger partial charge in [0.1, 0.15) is 6.61 Å². The Morgan fingerprint density at radius 3 is 2.58 bits per heavy atom. The maximum Gasteiger partial charge on any atom is 0.215 e. The molecule has 1 saturated carbocycles. The van der Waals surface area contributed by atoms with Gasteiger partial charge in [0.05, 0.1) is 38.7 Å². The molecule has 176 valence electrons. The van der Waals surface area contributed by atoms with Gasteiger partial charge in [0, 0.05) is 50.7 Å². The largest absolute Gasteiger partial charge is 0.476 e. The minimum Gasteiger partial charge on any atom is -0.476 e. The molecule has 1 aliphatic carbocycles. The van der Waals surface area contributed by atoms with E-state index in [1.54, 1.807) is 0 Å². The van der Waals surface area contributed by atoms with Crippen LogP contribution >= 0.6 is 0 Å². The van der Waals surface area contributed by atoms with Gasteiger partial charge in [0.15, 0.2) is 0 Å². The monoisotopic (exact) mass is 450 g/mol. The van der Waals surface area contributed by atoms with Crippen molar-refractivity contribution in [1.82, 2.24) is 9.88 Å². The molecule has 0 spiro atoms. The average molecular weight is 451 g/mol. The number of aliphatic imine (C=N–C) groups is 1. The van der Waals surface area contributed by atoms with Crippen molar-refractivity contribution in [2.24, 2.45) is 4.99 Å². The topological polar surface area (TPSA) is 59.4 Å². The molecule has 0 radical (unpaired) electrons. The zero-order valence-electron chi connectivity index (χ0n) is 19.3. The number of anilines is 1. The highest BCUT2D eigenvalue weighted by atomic mass is 16.5. The van der Waals surface area contributed by atoms with Crippen LogP contribution in [0.25, 0.3) is 0 Å². The molecule has 2 aromatic rings. The quantitative estimate of drug-likeness (QED) is 0.547. The summed E-state index contributed by atoms with van der Waals surface area (Å²) >= 11 is 0. The summed E-state index contributed by atoms with van der Waals surface area (Å²) in [5.41, 5.74) is 4.65. The van der Waals surface area contributed by atoms with E-state index in [1.807, 2.05) is 6.21 Å². The van der Waals surface area contributed by atoms with Crippen molar-refractivity contribution in [1.29, 1.82) is 0 Å². The summed E-state index contributed by atoms with van der Waals surface area (Å²) in [5, 5.41) is 0. The zero-order chi connectivity index (χ0) is 22.3. The minimum atomic E-state index is 0.533. The van der Waals surface area contributed by atoms with Crippen LogP contribution in [0.3, 0.4) is 0 Å². The van der Waals surface area contributed by atoms with Crippen LogP contribution in [0, 0.1) is 0 Å². The SMILES string of the molecule is C(=NCc1cc(N2CCOCC2)cc(OCCN2CCOCC2)n1)c1cccc(C2CC2)c1. The third-order valence-electron chi connectivity index (χ3n) is 6.43. The second-order valence-electron chi connectivity index (χ2n) is 8.97. The van der Waals surface area contributed by atoms with Gasteiger partial charge in [-0.1, -0.05) is 18.2 Å². The van der Waals surface area contributed by atoms with E-state index in [1.165, 1.54) is 18.4 Å². The molecule has 33 heavy (non-hydrogen) atoms. The summed E-state index contributed by atoms with van der Waals surface area (Å²) in [6.07, 6.45) is 4.59. The number of aromatic nitrogens is 1. The van der Waals surface area contributed by atoms with Gasteiger partial charge in [-0.05, 0) is 42.0 Å². The Morgan fingerprint density at radius 1 is 1.00 bits per heavy atom. The number of morpholine rings is 2. The van der Waals surface area contributed by atoms with Crippen LogP contribution in [0.1, 0.15) is 35.6 Å². The first-order valence-electron chi connectivity index (χ1n) is 12.2. The fraction of sp³-hybridized carbons (Fsp3) is 0.538. The minimum absolute atomic E-state index is 0.533. The van der Waals surface area contributed by atoms with E-state index < -0.39 is 0 Å². The normalized spacial score (nSPS) is 19.8. The molecule has 3 heterocycles. The lowest BCUT2D eigenvalue weighted by Crippen LogP contribution is -2.38. The summed E-state index contributed by atoms with van der Waals surface area (Å²) in [5.74, 6) is 1.43. The smallest absolute Gasteiger partial charge is 0.215 e. The molecule has 5 rings (SSSR count). The van der Waals surface area contributed by atoms with Crippen molar-refractivity contribution in [3.05, 3.63) is 53.2 Å². The Balaban J connectivity index is 1.25. The van der Waals surface area contributed by atoms with Crippen LogP contribution in [0.15, 0.2) is 41.4 Å². The highest BCUT2D eigenvalue weighted by Crippen LogP contribution is 2.40. The Hall–Kier alpha value is -2.48.